The zero-order valence-corrected chi connectivity index (χ0v) is 13.2. The van der Waals surface area contributed by atoms with Crippen LogP contribution in [0.3, 0.4) is 0 Å². The summed E-state index contributed by atoms with van der Waals surface area (Å²) in [6, 6.07) is 9.30. The van der Waals surface area contributed by atoms with Crippen LogP contribution in [-0.2, 0) is 13.1 Å². The number of hydrogen-bond donors (Lipinski definition) is 1. The molecule has 0 aliphatic carbocycles. The van der Waals surface area contributed by atoms with Crippen LogP contribution >= 0.6 is 0 Å². The summed E-state index contributed by atoms with van der Waals surface area (Å²) in [5.74, 6) is 0. The average molecular weight is 272 g/mol. The third kappa shape index (κ3) is 3.86. The van der Waals surface area contributed by atoms with E-state index in [1.54, 1.807) is 0 Å². The molecule has 0 atom stereocenters. The molecule has 0 radical (unpaired) electrons. The van der Waals surface area contributed by atoms with Crippen LogP contribution in [-0.4, -0.2) is 10.6 Å². The van der Waals surface area contributed by atoms with E-state index in [2.05, 4.69) is 61.1 Å². The Morgan fingerprint density at radius 1 is 1.10 bits per heavy atom. The van der Waals surface area contributed by atoms with E-state index in [-0.39, 0.29) is 0 Å². The Morgan fingerprint density at radius 2 is 1.90 bits per heavy atom. The van der Waals surface area contributed by atoms with Crippen LogP contribution in [0.25, 0.3) is 10.9 Å². The number of fused-ring (bicyclic) bond motifs is 1. The van der Waals surface area contributed by atoms with E-state index in [4.69, 9.17) is 0 Å². The summed E-state index contributed by atoms with van der Waals surface area (Å²) in [4.78, 5) is 0. The van der Waals surface area contributed by atoms with Crippen molar-refractivity contribution in [3.8, 4) is 0 Å². The van der Waals surface area contributed by atoms with E-state index < -0.39 is 0 Å². The van der Waals surface area contributed by atoms with Gasteiger partial charge in [-0.25, -0.2) is 0 Å². The second kappa shape index (κ2) is 7.49. The van der Waals surface area contributed by atoms with Gasteiger partial charge < -0.3 is 9.88 Å². The molecule has 0 spiro atoms. The number of hydrogen-bond acceptors (Lipinski definition) is 1. The normalized spacial score (nSPS) is 11.6. The molecule has 110 valence electrons. The standard InChI is InChI=1S/C18H28N2/c1-4-5-6-9-12-20-14-16(13-19-15(2)3)17-10-7-8-11-18(17)20/h7-8,10-11,14-15,19H,4-6,9,12-13H2,1-3H3. The first-order valence-electron chi connectivity index (χ1n) is 8.02. The van der Waals surface area contributed by atoms with E-state index in [0.717, 1.165) is 13.1 Å². The van der Waals surface area contributed by atoms with Crippen LogP contribution < -0.4 is 5.32 Å². The molecule has 0 bridgehead atoms. The number of para-hydroxylation sites is 1. The molecule has 0 unspecified atom stereocenters. The zero-order chi connectivity index (χ0) is 14.4. The molecule has 0 fully saturated rings. The average Bonchev–Trinajstić information content (AvgIpc) is 2.80. The van der Waals surface area contributed by atoms with Gasteiger partial charge in [-0.05, 0) is 18.1 Å². The summed E-state index contributed by atoms with van der Waals surface area (Å²) in [6.07, 6.45) is 7.61. The quantitative estimate of drug-likeness (QED) is 0.688. The molecular weight excluding hydrogens is 244 g/mol. The molecule has 0 aliphatic rings. The fourth-order valence-electron chi connectivity index (χ4n) is 2.67. The first-order valence-corrected chi connectivity index (χ1v) is 8.02. The SMILES string of the molecule is CCCCCCn1cc(CNC(C)C)c2ccccc21. The van der Waals surface area contributed by atoms with Crippen molar-refractivity contribution in [1.82, 2.24) is 9.88 Å². The summed E-state index contributed by atoms with van der Waals surface area (Å²) in [6.45, 7) is 8.76. The van der Waals surface area contributed by atoms with Crippen LogP contribution in [0.2, 0.25) is 0 Å². The van der Waals surface area contributed by atoms with Gasteiger partial charge in [-0.15, -0.1) is 0 Å². The summed E-state index contributed by atoms with van der Waals surface area (Å²) < 4.78 is 2.43. The Labute approximate surface area is 123 Å². The fraction of sp³-hybridized carbons (Fsp3) is 0.556. The van der Waals surface area contributed by atoms with Gasteiger partial charge in [0.2, 0.25) is 0 Å². The predicted molar refractivity (Wildman–Crippen MR) is 88.1 cm³/mol. The molecule has 20 heavy (non-hydrogen) atoms. The number of unbranched alkanes of at least 4 members (excludes halogenated alkanes) is 3. The lowest BCUT2D eigenvalue weighted by Gasteiger charge is -2.06. The van der Waals surface area contributed by atoms with Crippen molar-refractivity contribution < 1.29 is 0 Å². The molecular formula is C18H28N2. The number of benzene rings is 1. The molecule has 2 aromatic rings. The van der Waals surface area contributed by atoms with Crippen molar-refractivity contribution in [3.05, 3.63) is 36.0 Å². The van der Waals surface area contributed by atoms with E-state index >= 15 is 0 Å². The van der Waals surface area contributed by atoms with Gasteiger partial charge in [0, 0.05) is 36.2 Å². The summed E-state index contributed by atoms with van der Waals surface area (Å²) in [7, 11) is 0. The van der Waals surface area contributed by atoms with Gasteiger partial charge in [0.15, 0.2) is 0 Å². The number of aromatic nitrogens is 1. The fourth-order valence-corrected chi connectivity index (χ4v) is 2.67. The van der Waals surface area contributed by atoms with E-state index in [1.165, 1.54) is 42.1 Å². The smallest absolute Gasteiger partial charge is 0.0483 e. The third-order valence-electron chi connectivity index (χ3n) is 3.82. The van der Waals surface area contributed by atoms with Crippen LogP contribution in [0, 0.1) is 0 Å². The summed E-state index contributed by atoms with van der Waals surface area (Å²) in [5, 5.41) is 4.93. The topological polar surface area (TPSA) is 17.0 Å². The molecule has 2 nitrogen and oxygen atoms in total. The van der Waals surface area contributed by atoms with Crippen molar-refractivity contribution in [3.63, 3.8) is 0 Å². The highest BCUT2D eigenvalue weighted by atomic mass is 15.0. The maximum absolute atomic E-state index is 3.53. The molecule has 2 rings (SSSR count). The van der Waals surface area contributed by atoms with E-state index in [0.29, 0.717) is 6.04 Å². The van der Waals surface area contributed by atoms with E-state index in [1.807, 2.05) is 0 Å². The van der Waals surface area contributed by atoms with Crippen LogP contribution in [0.1, 0.15) is 52.0 Å². The Bertz CT molecular complexity index is 525. The number of aryl methyl sites for hydroxylation is 1. The van der Waals surface area contributed by atoms with Gasteiger partial charge in [0.05, 0.1) is 0 Å². The highest BCUT2D eigenvalue weighted by molar-refractivity contribution is 5.83. The van der Waals surface area contributed by atoms with Crippen molar-refractivity contribution >= 4 is 10.9 Å². The third-order valence-corrected chi connectivity index (χ3v) is 3.82. The Hall–Kier alpha value is -1.28. The Morgan fingerprint density at radius 3 is 2.65 bits per heavy atom. The van der Waals surface area contributed by atoms with Crippen molar-refractivity contribution in [2.75, 3.05) is 0 Å². The molecule has 1 aromatic carbocycles. The lowest BCUT2D eigenvalue weighted by Crippen LogP contribution is -2.21. The van der Waals surface area contributed by atoms with Gasteiger partial charge in [-0.3, -0.25) is 0 Å². The zero-order valence-electron chi connectivity index (χ0n) is 13.2. The second-order valence-electron chi connectivity index (χ2n) is 5.96. The predicted octanol–water partition coefficient (Wildman–Crippen LogP) is 4.72. The lowest BCUT2D eigenvalue weighted by atomic mass is 10.1. The van der Waals surface area contributed by atoms with Gasteiger partial charge in [-0.2, -0.15) is 0 Å². The van der Waals surface area contributed by atoms with Crippen LogP contribution in [0.15, 0.2) is 30.5 Å². The maximum Gasteiger partial charge on any atom is 0.0483 e. The molecule has 1 heterocycles. The van der Waals surface area contributed by atoms with Gasteiger partial charge in [-0.1, -0.05) is 58.2 Å². The highest BCUT2D eigenvalue weighted by Gasteiger charge is 2.07. The molecule has 0 aliphatic heterocycles. The number of nitrogens with one attached hydrogen (secondary N) is 1. The van der Waals surface area contributed by atoms with E-state index in [9.17, 15) is 0 Å². The minimum atomic E-state index is 0.529. The van der Waals surface area contributed by atoms with Gasteiger partial charge >= 0.3 is 0 Å². The molecule has 1 N–H and O–H groups in total. The van der Waals surface area contributed by atoms with Crippen molar-refractivity contribution in [2.24, 2.45) is 0 Å². The molecule has 2 heteroatoms. The molecule has 0 amide bonds. The van der Waals surface area contributed by atoms with Crippen molar-refractivity contribution in [1.29, 1.82) is 0 Å². The largest absolute Gasteiger partial charge is 0.347 e. The van der Waals surface area contributed by atoms with Crippen LogP contribution in [0.5, 0.6) is 0 Å². The molecule has 0 saturated carbocycles. The minimum absolute atomic E-state index is 0.529. The summed E-state index contributed by atoms with van der Waals surface area (Å²) in [5.41, 5.74) is 2.80. The summed E-state index contributed by atoms with van der Waals surface area (Å²) >= 11 is 0. The van der Waals surface area contributed by atoms with Gasteiger partial charge in [0.1, 0.15) is 0 Å². The lowest BCUT2D eigenvalue weighted by molar-refractivity contribution is 0.580. The molecule has 1 aromatic heterocycles. The second-order valence-corrected chi connectivity index (χ2v) is 5.96. The minimum Gasteiger partial charge on any atom is -0.347 e. The first-order chi connectivity index (χ1) is 9.72. The number of nitrogens with zero attached hydrogens (tertiary/aromatic N) is 1. The van der Waals surface area contributed by atoms with Crippen molar-refractivity contribution in [2.45, 2.75) is 65.6 Å². The van der Waals surface area contributed by atoms with Crippen LogP contribution in [0.4, 0.5) is 0 Å². The number of rotatable bonds is 8. The maximum atomic E-state index is 3.53. The monoisotopic (exact) mass is 272 g/mol. The Kier molecular flexibility index (Phi) is 5.66. The Balaban J connectivity index is 2.13. The molecule has 0 saturated heterocycles. The van der Waals surface area contributed by atoms with Gasteiger partial charge in [0.25, 0.3) is 0 Å². The highest BCUT2D eigenvalue weighted by Crippen LogP contribution is 2.22. The first kappa shape index (κ1) is 15.1.